The van der Waals surface area contributed by atoms with Crippen molar-refractivity contribution in [1.82, 2.24) is 10.6 Å². The number of piperidine rings is 1. The van der Waals surface area contributed by atoms with E-state index in [1.54, 1.807) is 18.2 Å². The first-order chi connectivity index (χ1) is 8.98. The van der Waals surface area contributed by atoms with Crippen molar-refractivity contribution < 1.29 is 4.79 Å². The third kappa shape index (κ3) is 4.10. The molecule has 0 radical (unpaired) electrons. The molecule has 19 heavy (non-hydrogen) atoms. The molecule has 5 heteroatoms. The fourth-order valence-corrected chi connectivity index (χ4v) is 2.88. The van der Waals surface area contributed by atoms with E-state index in [0.29, 0.717) is 22.2 Å². The largest absolute Gasteiger partial charge is 0.351 e. The number of carbonyl (C=O) groups excluding carboxylic acids is 1. The first-order valence-corrected chi connectivity index (χ1v) is 7.19. The lowest BCUT2D eigenvalue weighted by Crippen LogP contribution is -2.45. The predicted octanol–water partition coefficient (Wildman–Crippen LogP) is 3.11. The Kier molecular flexibility index (Phi) is 4.71. The molecule has 1 fully saturated rings. The van der Waals surface area contributed by atoms with E-state index in [1.807, 2.05) is 0 Å². The molecule has 1 unspecified atom stereocenters. The Bertz CT molecular complexity index is 450. The lowest BCUT2D eigenvalue weighted by Gasteiger charge is -2.34. The standard InChI is InChI=1S/C14H18Cl2N2O/c1-14(3-2-4-17-8-14)9-18-13(19)10-5-11(15)7-12(16)6-10/h5-7,17H,2-4,8-9H2,1H3,(H,18,19). The van der Waals surface area contributed by atoms with Gasteiger partial charge in [-0.25, -0.2) is 0 Å². The van der Waals surface area contributed by atoms with Gasteiger partial charge in [0.2, 0.25) is 0 Å². The molecule has 0 aliphatic carbocycles. The number of amides is 1. The van der Waals surface area contributed by atoms with E-state index >= 15 is 0 Å². The molecular formula is C14H18Cl2N2O. The maximum atomic E-state index is 12.1. The lowest BCUT2D eigenvalue weighted by molar-refractivity contribution is 0.0924. The molecule has 104 valence electrons. The predicted molar refractivity (Wildman–Crippen MR) is 79.0 cm³/mol. The van der Waals surface area contributed by atoms with Gasteiger partial charge >= 0.3 is 0 Å². The van der Waals surface area contributed by atoms with E-state index in [4.69, 9.17) is 23.2 Å². The SMILES string of the molecule is CC1(CNC(=O)c2cc(Cl)cc(Cl)c2)CCCNC1. The molecule has 1 atom stereocenters. The number of rotatable bonds is 3. The molecule has 1 aromatic rings. The van der Waals surface area contributed by atoms with E-state index in [0.717, 1.165) is 25.9 Å². The van der Waals surface area contributed by atoms with Crippen molar-refractivity contribution in [3.8, 4) is 0 Å². The van der Waals surface area contributed by atoms with Crippen molar-refractivity contribution in [2.24, 2.45) is 5.41 Å². The average Bonchev–Trinajstić information content (AvgIpc) is 2.36. The van der Waals surface area contributed by atoms with Gasteiger partial charge in [-0.2, -0.15) is 0 Å². The Morgan fingerprint density at radius 3 is 2.63 bits per heavy atom. The van der Waals surface area contributed by atoms with Crippen molar-refractivity contribution in [3.05, 3.63) is 33.8 Å². The Hall–Kier alpha value is -0.770. The maximum Gasteiger partial charge on any atom is 0.251 e. The van der Waals surface area contributed by atoms with Crippen molar-refractivity contribution in [2.45, 2.75) is 19.8 Å². The van der Waals surface area contributed by atoms with Gasteiger partial charge in [-0.05, 0) is 43.0 Å². The summed E-state index contributed by atoms with van der Waals surface area (Å²) >= 11 is 11.8. The van der Waals surface area contributed by atoms with Gasteiger partial charge in [0.25, 0.3) is 5.91 Å². The van der Waals surface area contributed by atoms with Crippen molar-refractivity contribution in [2.75, 3.05) is 19.6 Å². The van der Waals surface area contributed by atoms with Gasteiger partial charge in [-0.1, -0.05) is 30.1 Å². The fraction of sp³-hybridized carbons (Fsp3) is 0.500. The summed E-state index contributed by atoms with van der Waals surface area (Å²) in [5.74, 6) is -0.129. The second kappa shape index (κ2) is 6.12. The molecule has 1 saturated heterocycles. The molecular weight excluding hydrogens is 283 g/mol. The van der Waals surface area contributed by atoms with Crippen LogP contribution in [0.4, 0.5) is 0 Å². The van der Waals surface area contributed by atoms with Gasteiger partial charge in [0.05, 0.1) is 0 Å². The van der Waals surface area contributed by atoms with Crippen LogP contribution in [0.2, 0.25) is 10.0 Å². The van der Waals surface area contributed by atoms with Crippen LogP contribution < -0.4 is 10.6 Å². The zero-order valence-electron chi connectivity index (χ0n) is 10.9. The monoisotopic (exact) mass is 300 g/mol. The molecule has 2 rings (SSSR count). The minimum Gasteiger partial charge on any atom is -0.351 e. The Morgan fingerprint density at radius 2 is 2.05 bits per heavy atom. The molecule has 1 aromatic carbocycles. The second-order valence-corrected chi connectivity index (χ2v) is 6.30. The Balaban J connectivity index is 1.97. The highest BCUT2D eigenvalue weighted by atomic mass is 35.5. The van der Waals surface area contributed by atoms with Crippen molar-refractivity contribution in [1.29, 1.82) is 0 Å². The zero-order valence-corrected chi connectivity index (χ0v) is 12.4. The van der Waals surface area contributed by atoms with Gasteiger partial charge in [0, 0.05) is 28.7 Å². The normalized spacial score (nSPS) is 23.1. The smallest absolute Gasteiger partial charge is 0.251 e. The van der Waals surface area contributed by atoms with Crippen LogP contribution in [0.15, 0.2) is 18.2 Å². The van der Waals surface area contributed by atoms with Crippen LogP contribution in [0.25, 0.3) is 0 Å². The summed E-state index contributed by atoms with van der Waals surface area (Å²) in [6, 6.07) is 4.88. The quantitative estimate of drug-likeness (QED) is 0.900. The van der Waals surface area contributed by atoms with E-state index in [1.165, 1.54) is 0 Å². The van der Waals surface area contributed by atoms with Gasteiger partial charge < -0.3 is 10.6 Å². The average molecular weight is 301 g/mol. The fourth-order valence-electron chi connectivity index (χ4n) is 2.35. The summed E-state index contributed by atoms with van der Waals surface area (Å²) in [5, 5.41) is 7.28. The molecule has 3 nitrogen and oxygen atoms in total. The van der Waals surface area contributed by atoms with Gasteiger partial charge in [0.15, 0.2) is 0 Å². The molecule has 0 saturated carbocycles. The van der Waals surface area contributed by atoms with Crippen LogP contribution in [0.1, 0.15) is 30.1 Å². The van der Waals surface area contributed by atoms with Crippen LogP contribution in [-0.4, -0.2) is 25.5 Å². The Morgan fingerprint density at radius 1 is 1.37 bits per heavy atom. The van der Waals surface area contributed by atoms with E-state index in [-0.39, 0.29) is 11.3 Å². The van der Waals surface area contributed by atoms with Crippen LogP contribution in [-0.2, 0) is 0 Å². The molecule has 0 spiro atoms. The van der Waals surface area contributed by atoms with Crippen molar-refractivity contribution >= 4 is 29.1 Å². The summed E-state index contributed by atoms with van der Waals surface area (Å²) < 4.78 is 0. The third-order valence-corrected chi connectivity index (χ3v) is 3.92. The van der Waals surface area contributed by atoms with Gasteiger partial charge in [-0.15, -0.1) is 0 Å². The molecule has 1 aliphatic rings. The van der Waals surface area contributed by atoms with E-state index < -0.39 is 0 Å². The van der Waals surface area contributed by atoms with E-state index in [9.17, 15) is 4.79 Å². The minimum absolute atomic E-state index is 0.121. The summed E-state index contributed by atoms with van der Waals surface area (Å²) in [6.07, 6.45) is 2.27. The topological polar surface area (TPSA) is 41.1 Å². The summed E-state index contributed by atoms with van der Waals surface area (Å²) in [7, 11) is 0. The van der Waals surface area contributed by atoms with Crippen LogP contribution in [0.5, 0.6) is 0 Å². The highest BCUT2D eigenvalue weighted by molar-refractivity contribution is 6.35. The molecule has 0 bridgehead atoms. The molecule has 1 heterocycles. The number of nitrogens with one attached hydrogen (secondary N) is 2. The summed E-state index contributed by atoms with van der Waals surface area (Å²) in [5.41, 5.74) is 0.626. The zero-order chi connectivity index (χ0) is 13.9. The highest BCUT2D eigenvalue weighted by Crippen LogP contribution is 2.24. The van der Waals surface area contributed by atoms with Gasteiger partial charge in [-0.3, -0.25) is 4.79 Å². The first-order valence-electron chi connectivity index (χ1n) is 6.44. The number of carbonyl (C=O) groups is 1. The second-order valence-electron chi connectivity index (χ2n) is 5.43. The summed E-state index contributed by atoms with van der Waals surface area (Å²) in [6.45, 7) is 4.84. The molecule has 0 aromatic heterocycles. The van der Waals surface area contributed by atoms with E-state index in [2.05, 4.69) is 17.6 Å². The number of hydrogen-bond donors (Lipinski definition) is 2. The molecule has 1 amide bonds. The maximum absolute atomic E-state index is 12.1. The molecule has 2 N–H and O–H groups in total. The number of hydrogen-bond acceptors (Lipinski definition) is 2. The van der Waals surface area contributed by atoms with Crippen LogP contribution >= 0.6 is 23.2 Å². The Labute approximate surface area is 123 Å². The lowest BCUT2D eigenvalue weighted by atomic mass is 9.83. The van der Waals surface area contributed by atoms with Gasteiger partial charge in [0.1, 0.15) is 0 Å². The summed E-state index contributed by atoms with van der Waals surface area (Å²) in [4.78, 5) is 12.1. The third-order valence-electron chi connectivity index (χ3n) is 3.49. The number of halogens is 2. The highest BCUT2D eigenvalue weighted by Gasteiger charge is 2.27. The van der Waals surface area contributed by atoms with Crippen LogP contribution in [0.3, 0.4) is 0 Å². The first kappa shape index (κ1) is 14.6. The van der Waals surface area contributed by atoms with Crippen molar-refractivity contribution in [3.63, 3.8) is 0 Å². The minimum atomic E-state index is -0.129. The number of benzene rings is 1. The van der Waals surface area contributed by atoms with Crippen LogP contribution in [0, 0.1) is 5.41 Å². The molecule has 1 aliphatic heterocycles.